The molecule has 0 heterocycles. The fraction of sp³-hybridized carbons (Fsp3) is 0.467. The number of hydrogen-bond acceptors (Lipinski definition) is 7. The highest BCUT2D eigenvalue weighted by Crippen LogP contribution is 2.27. The molecule has 0 saturated carbocycles. The quantitative estimate of drug-likeness (QED) is 0.329. The summed E-state index contributed by atoms with van der Waals surface area (Å²) in [7, 11) is 1.33. The molecule has 0 N–H and O–H groups in total. The highest BCUT2D eigenvalue weighted by Gasteiger charge is 2.38. The molecule has 0 spiro atoms. The summed E-state index contributed by atoms with van der Waals surface area (Å²) in [6.45, 7) is 6.56. The largest absolute Gasteiger partial charge is 0.462 e. The van der Waals surface area contributed by atoms with Crippen molar-refractivity contribution < 1.29 is 28.7 Å². The fourth-order valence-corrected chi connectivity index (χ4v) is 2.11. The predicted molar refractivity (Wildman–Crippen MR) is 78.1 cm³/mol. The molecule has 0 atom stereocenters. The third-order valence-electron chi connectivity index (χ3n) is 3.06. The van der Waals surface area contributed by atoms with E-state index in [0.717, 1.165) is 0 Å². The van der Waals surface area contributed by atoms with Gasteiger partial charge in [0.05, 0.1) is 13.2 Å². The fourth-order valence-electron chi connectivity index (χ4n) is 2.11. The summed E-state index contributed by atoms with van der Waals surface area (Å²) < 4.78 is 9.77. The normalized spacial score (nSPS) is 15.0. The van der Waals surface area contributed by atoms with E-state index in [1.54, 1.807) is 27.7 Å². The number of carbonyl (C=O) groups is 3. The van der Waals surface area contributed by atoms with Crippen LogP contribution in [0.15, 0.2) is 27.4 Å². The molecule has 0 fully saturated rings. The number of hydrogen-bond donors (Lipinski definition) is 0. The zero-order valence-corrected chi connectivity index (χ0v) is 13.3. The third-order valence-corrected chi connectivity index (χ3v) is 3.06. The number of Topliss-reactive ketones (excluding diaryl/α,β-unsaturated/α-hetero) is 1. The molecule has 0 aromatic rings. The molecule has 0 aromatic carbocycles. The molecule has 120 valence electrons. The first-order valence-electron chi connectivity index (χ1n) is 6.83. The second-order valence-corrected chi connectivity index (χ2v) is 4.39. The minimum Gasteiger partial charge on any atom is -0.462 e. The Morgan fingerprint density at radius 2 is 1.36 bits per heavy atom. The maximum Gasteiger partial charge on any atom is 0.342 e. The first-order chi connectivity index (χ1) is 10.4. The Kier molecular flexibility index (Phi) is 6.03. The van der Waals surface area contributed by atoms with Crippen LogP contribution in [-0.4, -0.2) is 43.8 Å². The van der Waals surface area contributed by atoms with Crippen molar-refractivity contribution in [3.05, 3.63) is 22.3 Å². The van der Waals surface area contributed by atoms with Crippen LogP contribution in [0.3, 0.4) is 0 Å². The van der Waals surface area contributed by atoms with Gasteiger partial charge < -0.3 is 14.3 Å². The number of ketones is 1. The van der Waals surface area contributed by atoms with Crippen LogP contribution in [0.25, 0.3) is 0 Å². The molecule has 0 radical (unpaired) electrons. The van der Waals surface area contributed by atoms with Crippen molar-refractivity contribution in [2.45, 2.75) is 27.7 Å². The molecule has 0 aliphatic heterocycles. The Hall–Kier alpha value is -2.44. The lowest BCUT2D eigenvalue weighted by atomic mass is 9.84. The standard InChI is InChI=1S/C15H19NO6/c1-6-21-14(18)10-8(3)12(16-20-5)9(4)11(13(10)17)15(19)22-7-2/h6-7H2,1-5H3. The molecule has 7 nitrogen and oxygen atoms in total. The van der Waals surface area contributed by atoms with E-state index in [0.29, 0.717) is 11.1 Å². The van der Waals surface area contributed by atoms with Gasteiger partial charge in [-0.25, -0.2) is 9.59 Å². The summed E-state index contributed by atoms with van der Waals surface area (Å²) in [6.07, 6.45) is 0. The second-order valence-electron chi connectivity index (χ2n) is 4.39. The number of oxime groups is 1. The van der Waals surface area contributed by atoms with Crippen molar-refractivity contribution in [2.75, 3.05) is 20.3 Å². The lowest BCUT2D eigenvalue weighted by molar-refractivity contribution is -0.141. The van der Waals surface area contributed by atoms with Crippen molar-refractivity contribution in [3.8, 4) is 0 Å². The van der Waals surface area contributed by atoms with Crippen molar-refractivity contribution in [2.24, 2.45) is 5.16 Å². The molecule has 0 unspecified atom stereocenters. The Bertz CT molecular complexity index is 551. The summed E-state index contributed by atoms with van der Waals surface area (Å²) in [4.78, 5) is 41.3. The number of esters is 2. The monoisotopic (exact) mass is 309 g/mol. The lowest BCUT2D eigenvalue weighted by Crippen LogP contribution is -2.31. The van der Waals surface area contributed by atoms with E-state index in [1.807, 2.05) is 0 Å². The molecular formula is C15H19NO6. The second kappa shape index (κ2) is 7.53. The van der Waals surface area contributed by atoms with Gasteiger partial charge in [-0.2, -0.15) is 0 Å². The lowest BCUT2D eigenvalue weighted by Gasteiger charge is -2.20. The Morgan fingerprint density at radius 3 is 1.68 bits per heavy atom. The summed E-state index contributed by atoms with van der Waals surface area (Å²) in [6, 6.07) is 0. The van der Waals surface area contributed by atoms with E-state index >= 15 is 0 Å². The van der Waals surface area contributed by atoms with Crippen LogP contribution in [0.4, 0.5) is 0 Å². The Balaban J connectivity index is 3.48. The van der Waals surface area contributed by atoms with Crippen LogP contribution >= 0.6 is 0 Å². The zero-order chi connectivity index (χ0) is 16.9. The SMILES string of the molecule is CCOC(=O)C1=C(C)C(=NOC)C(C)=C(C(=O)OCC)C1=O. The van der Waals surface area contributed by atoms with Gasteiger partial charge in [-0.05, 0) is 38.8 Å². The highest BCUT2D eigenvalue weighted by molar-refractivity contribution is 6.41. The minimum absolute atomic E-state index is 0.108. The van der Waals surface area contributed by atoms with Crippen LogP contribution in [0.5, 0.6) is 0 Å². The van der Waals surface area contributed by atoms with E-state index < -0.39 is 17.7 Å². The first-order valence-corrected chi connectivity index (χ1v) is 6.83. The molecular weight excluding hydrogens is 290 g/mol. The van der Waals surface area contributed by atoms with Gasteiger partial charge in [0.25, 0.3) is 0 Å². The summed E-state index contributed by atoms with van der Waals surface area (Å²) in [5, 5.41) is 3.80. The van der Waals surface area contributed by atoms with Gasteiger partial charge in [-0.15, -0.1) is 0 Å². The number of carbonyl (C=O) groups excluding carboxylic acids is 3. The molecule has 22 heavy (non-hydrogen) atoms. The van der Waals surface area contributed by atoms with Gasteiger partial charge in [0, 0.05) is 0 Å². The third kappa shape index (κ3) is 3.24. The van der Waals surface area contributed by atoms with E-state index in [2.05, 4.69) is 5.16 Å². The van der Waals surface area contributed by atoms with Crippen molar-refractivity contribution >= 4 is 23.4 Å². The predicted octanol–water partition coefficient (Wildman–Crippen LogP) is 1.33. The molecule has 0 aromatic heterocycles. The van der Waals surface area contributed by atoms with Gasteiger partial charge in [-0.1, -0.05) is 5.16 Å². The van der Waals surface area contributed by atoms with Gasteiger partial charge in [-0.3, -0.25) is 4.79 Å². The van der Waals surface area contributed by atoms with E-state index in [-0.39, 0.29) is 30.1 Å². The van der Waals surface area contributed by atoms with Crippen molar-refractivity contribution in [1.29, 1.82) is 0 Å². The highest BCUT2D eigenvalue weighted by atomic mass is 16.6. The number of allylic oxidation sites excluding steroid dienone is 2. The zero-order valence-electron chi connectivity index (χ0n) is 13.3. The van der Waals surface area contributed by atoms with Gasteiger partial charge >= 0.3 is 11.9 Å². The van der Waals surface area contributed by atoms with Crippen LogP contribution in [-0.2, 0) is 28.7 Å². The summed E-state index contributed by atoms with van der Waals surface area (Å²) >= 11 is 0. The molecule has 7 heteroatoms. The summed E-state index contributed by atoms with van der Waals surface area (Å²) in [5.74, 6) is -2.33. The Morgan fingerprint density at radius 1 is 0.955 bits per heavy atom. The molecule has 1 aliphatic carbocycles. The van der Waals surface area contributed by atoms with Gasteiger partial charge in [0.2, 0.25) is 5.78 Å². The molecule has 0 bridgehead atoms. The maximum atomic E-state index is 12.5. The van der Waals surface area contributed by atoms with Crippen LogP contribution in [0.2, 0.25) is 0 Å². The van der Waals surface area contributed by atoms with E-state index in [4.69, 9.17) is 14.3 Å². The average molecular weight is 309 g/mol. The molecule has 1 rings (SSSR count). The van der Waals surface area contributed by atoms with Crippen LogP contribution in [0, 0.1) is 0 Å². The van der Waals surface area contributed by atoms with Crippen molar-refractivity contribution in [1.82, 2.24) is 0 Å². The van der Waals surface area contributed by atoms with Crippen molar-refractivity contribution in [3.63, 3.8) is 0 Å². The topological polar surface area (TPSA) is 91.3 Å². The maximum absolute atomic E-state index is 12.5. The first kappa shape index (κ1) is 17.6. The summed E-state index contributed by atoms with van der Waals surface area (Å²) in [5.41, 5.74) is 0.387. The molecule has 0 amide bonds. The number of nitrogens with zero attached hydrogens (tertiary/aromatic N) is 1. The average Bonchev–Trinajstić information content (AvgIpc) is 2.44. The van der Waals surface area contributed by atoms with Crippen LogP contribution < -0.4 is 0 Å². The minimum atomic E-state index is -0.803. The smallest absolute Gasteiger partial charge is 0.342 e. The number of rotatable bonds is 5. The molecule has 1 aliphatic rings. The van der Waals surface area contributed by atoms with Crippen LogP contribution in [0.1, 0.15) is 27.7 Å². The Labute approximate surface area is 128 Å². The van der Waals surface area contributed by atoms with E-state index in [1.165, 1.54) is 7.11 Å². The van der Waals surface area contributed by atoms with Gasteiger partial charge in [0.1, 0.15) is 24.0 Å². The molecule has 0 saturated heterocycles. The number of ether oxygens (including phenoxy) is 2. The van der Waals surface area contributed by atoms with E-state index in [9.17, 15) is 14.4 Å². The van der Waals surface area contributed by atoms with Gasteiger partial charge in [0.15, 0.2) is 0 Å².